The van der Waals surface area contributed by atoms with Crippen LogP contribution < -0.4 is 20.1 Å². The van der Waals surface area contributed by atoms with Crippen molar-refractivity contribution in [1.29, 1.82) is 0 Å². The lowest BCUT2D eigenvalue weighted by Gasteiger charge is -2.27. The third-order valence-corrected chi connectivity index (χ3v) is 4.10. The first-order valence-electron chi connectivity index (χ1n) is 7.22. The number of fused-ring (bicyclic) bond motifs is 1. The second kappa shape index (κ2) is 5.05. The molecule has 3 N–H and O–H groups in total. The topological polar surface area (TPSA) is 68.0 Å². The van der Waals surface area contributed by atoms with Gasteiger partial charge in [-0.15, -0.1) is 0 Å². The van der Waals surface area contributed by atoms with Crippen molar-refractivity contribution in [2.24, 2.45) is 0 Å². The van der Waals surface area contributed by atoms with E-state index in [1.807, 2.05) is 19.1 Å². The lowest BCUT2D eigenvalue weighted by Crippen LogP contribution is -2.29. The molecule has 1 aromatic rings. The molecule has 5 nitrogen and oxygen atoms in total. The quantitative estimate of drug-likeness (QED) is 0.766. The Balaban J connectivity index is 1.86. The van der Waals surface area contributed by atoms with Crippen LogP contribution in [0.25, 0.3) is 0 Å². The van der Waals surface area contributed by atoms with Crippen LogP contribution in [0.5, 0.6) is 11.5 Å². The molecule has 1 atom stereocenters. The predicted molar refractivity (Wildman–Crippen MR) is 78.5 cm³/mol. The first-order chi connectivity index (χ1) is 9.55. The fraction of sp³-hybridized carbons (Fsp3) is 0.600. The van der Waals surface area contributed by atoms with Crippen LogP contribution >= 0.6 is 0 Å². The van der Waals surface area contributed by atoms with E-state index in [0.29, 0.717) is 18.9 Å². The summed E-state index contributed by atoms with van der Waals surface area (Å²) >= 11 is 0. The number of hydrogen-bond acceptors (Lipinski definition) is 5. The Bertz CT molecular complexity index is 502. The molecule has 0 radical (unpaired) electrons. The van der Waals surface area contributed by atoms with Crippen LogP contribution in [0.1, 0.15) is 26.2 Å². The lowest BCUT2D eigenvalue weighted by atomic mass is 9.98. The van der Waals surface area contributed by atoms with E-state index in [4.69, 9.17) is 15.2 Å². The van der Waals surface area contributed by atoms with Crippen LogP contribution in [0.3, 0.4) is 0 Å². The summed E-state index contributed by atoms with van der Waals surface area (Å²) in [5, 5.41) is 10.2. The van der Waals surface area contributed by atoms with E-state index in [1.165, 1.54) is 0 Å². The summed E-state index contributed by atoms with van der Waals surface area (Å²) in [6, 6.07) is 3.80. The van der Waals surface area contributed by atoms with Gasteiger partial charge >= 0.3 is 0 Å². The Morgan fingerprint density at radius 1 is 1.15 bits per heavy atom. The monoisotopic (exact) mass is 278 g/mol. The van der Waals surface area contributed by atoms with Gasteiger partial charge in [0.15, 0.2) is 11.5 Å². The Morgan fingerprint density at radius 2 is 1.85 bits per heavy atom. The number of anilines is 2. The Morgan fingerprint density at radius 3 is 2.60 bits per heavy atom. The highest BCUT2D eigenvalue weighted by molar-refractivity contribution is 5.73. The average Bonchev–Trinajstić information content (AvgIpc) is 2.59. The molecule has 1 fully saturated rings. The number of aliphatic hydroxyl groups is 1. The highest BCUT2D eigenvalue weighted by Crippen LogP contribution is 2.39. The van der Waals surface area contributed by atoms with E-state index < -0.39 is 5.60 Å². The van der Waals surface area contributed by atoms with Gasteiger partial charge in [-0.1, -0.05) is 0 Å². The van der Waals surface area contributed by atoms with Gasteiger partial charge in [0.25, 0.3) is 0 Å². The maximum atomic E-state index is 10.2. The Kier molecular flexibility index (Phi) is 3.38. The minimum atomic E-state index is -0.572. The molecule has 20 heavy (non-hydrogen) atoms. The summed E-state index contributed by atoms with van der Waals surface area (Å²) in [6.45, 7) is 4.75. The lowest BCUT2D eigenvalue weighted by molar-refractivity contribution is 0.0481. The molecule has 2 aliphatic rings. The molecule has 0 amide bonds. The third kappa shape index (κ3) is 2.63. The summed E-state index contributed by atoms with van der Waals surface area (Å²) < 4.78 is 11.2. The Hall–Kier alpha value is -1.62. The van der Waals surface area contributed by atoms with E-state index in [2.05, 4.69) is 4.90 Å². The van der Waals surface area contributed by atoms with Gasteiger partial charge in [0, 0.05) is 25.2 Å². The second-order valence-corrected chi connectivity index (χ2v) is 5.89. The molecular weight excluding hydrogens is 256 g/mol. The van der Waals surface area contributed by atoms with Crippen LogP contribution in [-0.2, 0) is 0 Å². The molecule has 1 aromatic carbocycles. The van der Waals surface area contributed by atoms with Gasteiger partial charge < -0.3 is 25.2 Å². The van der Waals surface area contributed by atoms with Crippen molar-refractivity contribution in [3.05, 3.63) is 12.1 Å². The highest BCUT2D eigenvalue weighted by Gasteiger charge is 2.26. The van der Waals surface area contributed by atoms with Crippen molar-refractivity contribution in [3.63, 3.8) is 0 Å². The zero-order chi connectivity index (χ0) is 14.2. The van der Waals surface area contributed by atoms with Crippen LogP contribution in [0, 0.1) is 0 Å². The zero-order valence-electron chi connectivity index (χ0n) is 11.9. The summed E-state index contributed by atoms with van der Waals surface area (Å²) in [7, 11) is 0. The number of nitrogens with two attached hydrogens (primary N) is 1. The summed E-state index contributed by atoms with van der Waals surface area (Å²) in [4.78, 5) is 2.23. The second-order valence-electron chi connectivity index (χ2n) is 5.89. The standard InChI is InChI=1S/C15H22N2O3/c1-15(18)3-2-5-17(6-4-15)12-10-14-13(9-11(12)16)19-7-8-20-14/h9-10,18H,2-8,16H2,1H3. The van der Waals surface area contributed by atoms with Gasteiger partial charge in [0.05, 0.1) is 17.0 Å². The van der Waals surface area contributed by atoms with Gasteiger partial charge in [0.2, 0.25) is 0 Å². The molecule has 0 bridgehead atoms. The summed E-state index contributed by atoms with van der Waals surface area (Å²) in [5.74, 6) is 1.48. The van der Waals surface area contributed by atoms with Gasteiger partial charge in [0.1, 0.15) is 13.2 Å². The van der Waals surface area contributed by atoms with Crippen LogP contribution in [0.2, 0.25) is 0 Å². The smallest absolute Gasteiger partial charge is 0.163 e. The molecule has 2 aliphatic heterocycles. The van der Waals surface area contributed by atoms with Crippen molar-refractivity contribution >= 4 is 11.4 Å². The average molecular weight is 278 g/mol. The van der Waals surface area contributed by atoms with Gasteiger partial charge in [-0.25, -0.2) is 0 Å². The molecule has 0 aliphatic carbocycles. The van der Waals surface area contributed by atoms with Crippen molar-refractivity contribution in [2.45, 2.75) is 31.8 Å². The van der Waals surface area contributed by atoms with Crippen molar-refractivity contribution in [3.8, 4) is 11.5 Å². The number of benzene rings is 1. The molecule has 3 rings (SSSR count). The zero-order valence-corrected chi connectivity index (χ0v) is 11.9. The number of rotatable bonds is 1. The van der Waals surface area contributed by atoms with Gasteiger partial charge in [-0.05, 0) is 26.2 Å². The number of nitrogens with zero attached hydrogens (tertiary/aromatic N) is 1. The van der Waals surface area contributed by atoms with Crippen LogP contribution in [0.15, 0.2) is 12.1 Å². The van der Waals surface area contributed by atoms with E-state index >= 15 is 0 Å². The highest BCUT2D eigenvalue weighted by atomic mass is 16.6. The molecule has 1 saturated heterocycles. The van der Waals surface area contributed by atoms with E-state index in [-0.39, 0.29) is 0 Å². The molecule has 0 spiro atoms. The first-order valence-corrected chi connectivity index (χ1v) is 7.22. The van der Waals surface area contributed by atoms with E-state index in [1.54, 1.807) is 0 Å². The van der Waals surface area contributed by atoms with Crippen molar-refractivity contribution in [2.75, 3.05) is 36.9 Å². The molecule has 1 unspecified atom stereocenters. The molecule has 2 heterocycles. The van der Waals surface area contributed by atoms with E-state index in [0.717, 1.165) is 49.5 Å². The summed E-state index contributed by atoms with van der Waals surface area (Å²) in [5.41, 5.74) is 7.27. The van der Waals surface area contributed by atoms with Crippen molar-refractivity contribution < 1.29 is 14.6 Å². The van der Waals surface area contributed by atoms with Crippen LogP contribution in [0.4, 0.5) is 11.4 Å². The largest absolute Gasteiger partial charge is 0.486 e. The predicted octanol–water partition coefficient (Wildman–Crippen LogP) is 1.78. The van der Waals surface area contributed by atoms with Gasteiger partial charge in [-0.3, -0.25) is 0 Å². The Labute approximate surface area is 119 Å². The fourth-order valence-electron chi connectivity index (χ4n) is 2.87. The maximum Gasteiger partial charge on any atom is 0.163 e. The number of ether oxygens (including phenoxy) is 2. The maximum absolute atomic E-state index is 10.2. The molecule has 5 heteroatoms. The minimum Gasteiger partial charge on any atom is -0.486 e. The third-order valence-electron chi connectivity index (χ3n) is 4.10. The molecule has 0 aromatic heterocycles. The van der Waals surface area contributed by atoms with Gasteiger partial charge in [-0.2, -0.15) is 0 Å². The summed E-state index contributed by atoms with van der Waals surface area (Å²) in [6.07, 6.45) is 2.54. The van der Waals surface area contributed by atoms with Crippen molar-refractivity contribution in [1.82, 2.24) is 0 Å². The molecule has 0 saturated carbocycles. The molecule has 110 valence electrons. The fourth-order valence-corrected chi connectivity index (χ4v) is 2.87. The number of nitrogen functional groups attached to an aromatic ring is 1. The minimum absolute atomic E-state index is 0.568. The first kappa shape index (κ1) is 13.4. The SMILES string of the molecule is CC1(O)CCCN(c2cc3c(cc2N)OCCO3)CC1. The molecular formula is C15H22N2O3. The van der Waals surface area contributed by atoms with Crippen LogP contribution in [-0.4, -0.2) is 37.0 Å². The van der Waals surface area contributed by atoms with E-state index in [9.17, 15) is 5.11 Å². The number of hydrogen-bond donors (Lipinski definition) is 2. The normalized spacial score (nSPS) is 26.2.